The molecule has 1 unspecified atom stereocenters. The minimum atomic E-state index is -3.35. The summed E-state index contributed by atoms with van der Waals surface area (Å²) in [5, 5.41) is 18.7. The molecular weight excluding hydrogens is 404 g/mol. The number of nitrogens with zero attached hydrogens (tertiary/aromatic N) is 2. The molecule has 1 aliphatic heterocycles. The summed E-state index contributed by atoms with van der Waals surface area (Å²) in [5.41, 5.74) is 1.01. The van der Waals surface area contributed by atoms with Gasteiger partial charge in [-0.25, -0.2) is 8.42 Å². The van der Waals surface area contributed by atoms with Gasteiger partial charge < -0.3 is 14.7 Å². The second-order valence-electron chi connectivity index (χ2n) is 7.16. The highest BCUT2D eigenvalue weighted by Crippen LogP contribution is 2.27. The van der Waals surface area contributed by atoms with Crippen LogP contribution in [0.1, 0.15) is 37.0 Å². The molecule has 1 N–H and O–H groups in total. The van der Waals surface area contributed by atoms with Crippen molar-refractivity contribution in [1.29, 1.82) is 5.26 Å². The molecule has 2 aromatic carbocycles. The number of likely N-dealkylation sites (tertiary alicyclic amines) is 1. The molecule has 0 bridgehead atoms. The fourth-order valence-corrected chi connectivity index (χ4v) is 4.16. The van der Waals surface area contributed by atoms with Crippen LogP contribution in [0, 0.1) is 11.3 Å². The Labute approximate surface area is 176 Å². The van der Waals surface area contributed by atoms with Crippen molar-refractivity contribution >= 4 is 15.7 Å². The van der Waals surface area contributed by atoms with E-state index >= 15 is 0 Å². The van der Waals surface area contributed by atoms with Gasteiger partial charge in [-0.2, -0.15) is 5.26 Å². The zero-order valence-corrected chi connectivity index (χ0v) is 17.5. The number of benzene rings is 2. The van der Waals surface area contributed by atoms with Crippen LogP contribution in [0.2, 0.25) is 0 Å². The number of sulfone groups is 1. The largest absolute Gasteiger partial charge is 0.476 e. The SMILES string of the molecule is CCS(=O)(=O)c1ccc(C(Oc2ccc(C#N)cc2)C(=O)N2CCC(O)CC2)cc1. The molecule has 158 valence electrons. The minimum Gasteiger partial charge on any atom is -0.476 e. The number of amides is 1. The van der Waals surface area contributed by atoms with E-state index in [0.717, 1.165) is 0 Å². The third-order valence-corrected chi connectivity index (χ3v) is 6.91. The standard InChI is InChI=1S/C22H24N2O5S/c1-2-30(27,28)20-9-5-17(6-10-20)21(22(26)24-13-11-18(25)12-14-24)29-19-7-3-16(15-23)4-8-19/h3-10,18,21,25H,2,11-14H2,1H3. The van der Waals surface area contributed by atoms with Gasteiger partial charge in [0.05, 0.1) is 28.4 Å². The van der Waals surface area contributed by atoms with E-state index in [0.29, 0.717) is 42.8 Å². The van der Waals surface area contributed by atoms with E-state index in [9.17, 15) is 18.3 Å². The molecule has 0 aromatic heterocycles. The first-order valence-corrected chi connectivity index (χ1v) is 11.5. The Kier molecular flexibility index (Phi) is 6.75. The first-order chi connectivity index (χ1) is 14.3. The van der Waals surface area contributed by atoms with Gasteiger partial charge in [-0.1, -0.05) is 19.1 Å². The van der Waals surface area contributed by atoms with Crippen LogP contribution in [0.5, 0.6) is 5.75 Å². The van der Waals surface area contributed by atoms with Crippen LogP contribution in [-0.4, -0.2) is 49.3 Å². The molecule has 0 spiro atoms. The molecule has 1 saturated heterocycles. The molecular formula is C22H24N2O5S. The van der Waals surface area contributed by atoms with Gasteiger partial charge in [0, 0.05) is 18.7 Å². The lowest BCUT2D eigenvalue weighted by molar-refractivity contribution is -0.141. The van der Waals surface area contributed by atoms with Crippen LogP contribution < -0.4 is 4.74 Å². The highest BCUT2D eigenvalue weighted by Gasteiger charge is 2.30. The Morgan fingerprint density at radius 3 is 2.30 bits per heavy atom. The van der Waals surface area contributed by atoms with Crippen LogP contribution >= 0.6 is 0 Å². The molecule has 0 aliphatic carbocycles. The topological polar surface area (TPSA) is 108 Å². The average Bonchev–Trinajstić information content (AvgIpc) is 2.78. The second kappa shape index (κ2) is 9.28. The van der Waals surface area contributed by atoms with Gasteiger partial charge in [0.25, 0.3) is 5.91 Å². The summed E-state index contributed by atoms with van der Waals surface area (Å²) >= 11 is 0. The third kappa shape index (κ3) is 4.99. The van der Waals surface area contributed by atoms with Crippen LogP contribution in [0.25, 0.3) is 0 Å². The van der Waals surface area contributed by atoms with Gasteiger partial charge in [0.15, 0.2) is 9.84 Å². The van der Waals surface area contributed by atoms with Crippen molar-refractivity contribution in [3.05, 3.63) is 59.7 Å². The molecule has 1 atom stereocenters. The summed E-state index contributed by atoms with van der Waals surface area (Å²) in [6.45, 7) is 2.43. The predicted octanol–water partition coefficient (Wildman–Crippen LogP) is 2.46. The molecule has 1 heterocycles. The maximum absolute atomic E-state index is 13.2. The van der Waals surface area contributed by atoms with E-state index in [1.165, 1.54) is 12.1 Å². The molecule has 7 nitrogen and oxygen atoms in total. The van der Waals surface area contributed by atoms with Crippen molar-refractivity contribution in [3.8, 4) is 11.8 Å². The van der Waals surface area contributed by atoms with E-state index in [2.05, 4.69) is 0 Å². The van der Waals surface area contributed by atoms with Gasteiger partial charge >= 0.3 is 0 Å². The molecule has 8 heteroatoms. The smallest absolute Gasteiger partial charge is 0.268 e. The van der Waals surface area contributed by atoms with Crippen molar-refractivity contribution < 1.29 is 23.1 Å². The van der Waals surface area contributed by atoms with Crippen molar-refractivity contribution in [2.45, 2.75) is 36.9 Å². The number of nitriles is 1. The Balaban J connectivity index is 1.90. The van der Waals surface area contributed by atoms with Gasteiger partial charge in [-0.3, -0.25) is 4.79 Å². The van der Waals surface area contributed by atoms with Crippen molar-refractivity contribution in [2.24, 2.45) is 0 Å². The fraction of sp³-hybridized carbons (Fsp3) is 0.364. The monoisotopic (exact) mass is 428 g/mol. The summed E-state index contributed by atoms with van der Waals surface area (Å²) in [6, 6.07) is 14.6. The van der Waals surface area contributed by atoms with Crippen molar-refractivity contribution in [1.82, 2.24) is 4.90 Å². The predicted molar refractivity (Wildman–Crippen MR) is 111 cm³/mol. The number of piperidine rings is 1. The molecule has 0 radical (unpaired) electrons. The zero-order chi connectivity index (χ0) is 21.7. The van der Waals surface area contributed by atoms with E-state index in [-0.39, 0.29) is 16.6 Å². The number of hydrogen-bond donors (Lipinski definition) is 1. The van der Waals surface area contributed by atoms with Crippen LogP contribution in [0.3, 0.4) is 0 Å². The van der Waals surface area contributed by atoms with E-state index < -0.39 is 22.0 Å². The molecule has 30 heavy (non-hydrogen) atoms. The third-order valence-electron chi connectivity index (χ3n) is 5.16. The number of rotatable bonds is 6. The van der Waals surface area contributed by atoms with Gasteiger partial charge in [-0.05, 0) is 49.2 Å². The van der Waals surface area contributed by atoms with Crippen LogP contribution in [0.4, 0.5) is 0 Å². The molecule has 1 amide bonds. The lowest BCUT2D eigenvalue weighted by atomic mass is 10.0. The van der Waals surface area contributed by atoms with Crippen LogP contribution in [0.15, 0.2) is 53.4 Å². The summed E-state index contributed by atoms with van der Waals surface area (Å²) in [4.78, 5) is 15.1. The average molecular weight is 429 g/mol. The molecule has 0 saturated carbocycles. The normalized spacial score (nSPS) is 16.0. The Morgan fingerprint density at radius 1 is 1.17 bits per heavy atom. The summed E-state index contributed by atoms with van der Waals surface area (Å²) < 4.78 is 30.2. The quantitative estimate of drug-likeness (QED) is 0.757. The Bertz CT molecular complexity index is 1020. The second-order valence-corrected chi connectivity index (χ2v) is 9.44. The number of carbonyl (C=O) groups excluding carboxylic acids is 1. The summed E-state index contributed by atoms with van der Waals surface area (Å²) in [6.07, 6.45) is -0.372. The minimum absolute atomic E-state index is 0.00739. The molecule has 2 aromatic rings. The maximum Gasteiger partial charge on any atom is 0.268 e. The number of hydrogen-bond acceptors (Lipinski definition) is 6. The van der Waals surface area contributed by atoms with Gasteiger partial charge in [0.2, 0.25) is 6.10 Å². The zero-order valence-electron chi connectivity index (χ0n) is 16.7. The van der Waals surface area contributed by atoms with Gasteiger partial charge in [-0.15, -0.1) is 0 Å². The fourth-order valence-electron chi connectivity index (χ4n) is 3.27. The number of carbonyl (C=O) groups is 1. The lowest BCUT2D eigenvalue weighted by Gasteiger charge is -2.32. The van der Waals surface area contributed by atoms with Crippen LogP contribution in [-0.2, 0) is 14.6 Å². The lowest BCUT2D eigenvalue weighted by Crippen LogP contribution is -2.43. The molecule has 1 aliphatic rings. The Hall–Kier alpha value is -2.89. The van der Waals surface area contributed by atoms with E-state index in [4.69, 9.17) is 10.00 Å². The first kappa shape index (κ1) is 21.8. The summed E-state index contributed by atoms with van der Waals surface area (Å²) in [5.74, 6) is 0.166. The highest BCUT2D eigenvalue weighted by molar-refractivity contribution is 7.91. The number of aliphatic hydroxyl groups is 1. The van der Waals surface area contributed by atoms with Gasteiger partial charge in [0.1, 0.15) is 5.75 Å². The van der Waals surface area contributed by atoms with E-state index in [1.807, 2.05) is 6.07 Å². The van der Waals surface area contributed by atoms with Crippen molar-refractivity contribution in [3.63, 3.8) is 0 Å². The number of ether oxygens (including phenoxy) is 1. The molecule has 3 rings (SSSR count). The summed E-state index contributed by atoms with van der Waals surface area (Å²) in [7, 11) is -3.35. The Morgan fingerprint density at radius 2 is 1.77 bits per heavy atom. The first-order valence-electron chi connectivity index (χ1n) is 9.80. The van der Waals surface area contributed by atoms with E-state index in [1.54, 1.807) is 48.2 Å². The number of aliphatic hydroxyl groups excluding tert-OH is 1. The molecule has 1 fully saturated rings. The highest BCUT2D eigenvalue weighted by atomic mass is 32.2. The maximum atomic E-state index is 13.2. The van der Waals surface area contributed by atoms with Crippen molar-refractivity contribution in [2.75, 3.05) is 18.8 Å².